The molecule has 2 heterocycles. The molecule has 1 aliphatic rings. The number of nitrogens with one attached hydrogen (secondary N) is 1. The number of rotatable bonds is 3. The number of carbonyl (C=O) groups is 2. The van der Waals surface area contributed by atoms with Crippen LogP contribution in [0.3, 0.4) is 0 Å². The van der Waals surface area contributed by atoms with Crippen molar-refractivity contribution in [1.82, 2.24) is 14.5 Å². The van der Waals surface area contributed by atoms with Crippen molar-refractivity contribution in [2.24, 2.45) is 13.0 Å². The number of aryl methyl sites for hydroxylation is 1. The van der Waals surface area contributed by atoms with Crippen molar-refractivity contribution in [3.63, 3.8) is 0 Å². The van der Waals surface area contributed by atoms with Crippen molar-refractivity contribution in [2.75, 3.05) is 11.9 Å². The maximum absolute atomic E-state index is 13.0. The number of aromatic nitrogens is 2. The zero-order valence-electron chi connectivity index (χ0n) is 14.6. The van der Waals surface area contributed by atoms with Crippen molar-refractivity contribution in [1.29, 1.82) is 0 Å². The van der Waals surface area contributed by atoms with Crippen molar-refractivity contribution >= 4 is 28.5 Å². The molecule has 0 bridgehead atoms. The Bertz CT molecular complexity index is 873. The Morgan fingerprint density at radius 3 is 2.62 bits per heavy atom. The van der Waals surface area contributed by atoms with Crippen molar-refractivity contribution < 1.29 is 22.8 Å². The molecule has 1 unspecified atom stereocenters. The van der Waals surface area contributed by atoms with E-state index in [1.165, 1.54) is 25.2 Å². The Balaban J connectivity index is 1.79. The van der Waals surface area contributed by atoms with Gasteiger partial charge in [-0.05, 0) is 32.0 Å². The van der Waals surface area contributed by atoms with Gasteiger partial charge in [-0.2, -0.15) is 13.2 Å². The fourth-order valence-corrected chi connectivity index (χ4v) is 3.18. The average Bonchev–Trinajstić information content (AvgIpc) is 3.08. The highest BCUT2D eigenvalue weighted by Crippen LogP contribution is 2.31. The van der Waals surface area contributed by atoms with E-state index < -0.39 is 17.9 Å². The lowest BCUT2D eigenvalue weighted by Crippen LogP contribution is -2.33. The summed E-state index contributed by atoms with van der Waals surface area (Å²) in [5, 5.41) is 2.68. The van der Waals surface area contributed by atoms with Gasteiger partial charge in [0, 0.05) is 31.7 Å². The molecule has 3 rings (SSSR count). The highest BCUT2D eigenvalue weighted by Gasteiger charge is 2.37. The van der Waals surface area contributed by atoms with Gasteiger partial charge in [-0.1, -0.05) is 0 Å². The van der Waals surface area contributed by atoms with Crippen LogP contribution in [0, 0.1) is 5.92 Å². The summed E-state index contributed by atoms with van der Waals surface area (Å²) in [4.78, 5) is 29.6. The molecule has 1 aliphatic heterocycles. The Morgan fingerprint density at radius 2 is 2.04 bits per heavy atom. The van der Waals surface area contributed by atoms with Crippen LogP contribution in [0.15, 0.2) is 18.2 Å². The van der Waals surface area contributed by atoms with Gasteiger partial charge in [-0.15, -0.1) is 0 Å². The summed E-state index contributed by atoms with van der Waals surface area (Å²) in [5.41, 5.74) is 0.811. The molecule has 0 radical (unpaired) electrons. The molecule has 1 N–H and O–H groups in total. The van der Waals surface area contributed by atoms with Crippen LogP contribution in [-0.2, 0) is 22.8 Å². The molecule has 1 aromatic heterocycles. The molecular formula is C17H19F3N4O2. The van der Waals surface area contributed by atoms with E-state index in [2.05, 4.69) is 10.3 Å². The molecule has 2 aromatic rings. The van der Waals surface area contributed by atoms with Gasteiger partial charge in [0.25, 0.3) is 0 Å². The van der Waals surface area contributed by atoms with Gasteiger partial charge in [-0.25, -0.2) is 4.98 Å². The monoisotopic (exact) mass is 368 g/mol. The van der Waals surface area contributed by atoms with Crippen molar-refractivity contribution in [2.45, 2.75) is 32.5 Å². The summed E-state index contributed by atoms with van der Waals surface area (Å²) in [6.07, 6.45) is -4.42. The smallest absolute Gasteiger partial charge is 0.339 e. The Hall–Kier alpha value is -2.58. The molecule has 9 heteroatoms. The second-order valence-electron chi connectivity index (χ2n) is 6.73. The zero-order chi connectivity index (χ0) is 19.2. The lowest BCUT2D eigenvalue weighted by atomic mass is 10.1. The highest BCUT2D eigenvalue weighted by molar-refractivity contribution is 5.98. The fraction of sp³-hybridized carbons (Fsp3) is 0.471. The number of carbonyl (C=O) groups excluding carboxylic acids is 2. The van der Waals surface area contributed by atoms with E-state index in [9.17, 15) is 22.8 Å². The molecular weight excluding hydrogens is 349 g/mol. The number of likely N-dealkylation sites (tertiary alicyclic amines) is 1. The average molecular weight is 368 g/mol. The van der Waals surface area contributed by atoms with E-state index in [1.807, 2.05) is 13.8 Å². The first-order chi connectivity index (χ1) is 12.1. The third kappa shape index (κ3) is 3.25. The predicted molar refractivity (Wildman–Crippen MR) is 89.3 cm³/mol. The molecule has 2 amide bonds. The number of fused-ring (bicyclic) bond motifs is 1. The van der Waals surface area contributed by atoms with Crippen LogP contribution < -0.4 is 5.32 Å². The van der Waals surface area contributed by atoms with Crippen LogP contribution in [0.5, 0.6) is 0 Å². The first-order valence-electron chi connectivity index (χ1n) is 8.22. The second-order valence-corrected chi connectivity index (χ2v) is 6.73. The maximum atomic E-state index is 13.0. The highest BCUT2D eigenvalue weighted by atomic mass is 19.4. The number of amides is 2. The summed E-state index contributed by atoms with van der Waals surface area (Å²) in [5.74, 6) is -1.87. The maximum Gasteiger partial charge on any atom is 0.449 e. The Labute approximate surface area is 148 Å². The van der Waals surface area contributed by atoms with E-state index in [4.69, 9.17) is 0 Å². The third-order valence-electron chi connectivity index (χ3n) is 4.55. The van der Waals surface area contributed by atoms with Gasteiger partial charge < -0.3 is 14.8 Å². The molecule has 1 saturated heterocycles. The first kappa shape index (κ1) is 18.2. The first-order valence-corrected chi connectivity index (χ1v) is 8.22. The minimum absolute atomic E-state index is 0.0194. The molecule has 1 atom stereocenters. The Kier molecular flexibility index (Phi) is 4.41. The molecule has 0 aliphatic carbocycles. The van der Waals surface area contributed by atoms with Gasteiger partial charge in [0.2, 0.25) is 17.6 Å². The standard InChI is InChI=1S/C17H19F3N4O2/c1-9(2)24-8-10(6-14(24)25)15(26)21-11-4-5-13-12(7-11)22-16(23(13)3)17(18,19)20/h4-5,7,9-10H,6,8H2,1-3H3,(H,21,26). The summed E-state index contributed by atoms with van der Waals surface area (Å²) < 4.78 is 39.8. The third-order valence-corrected chi connectivity index (χ3v) is 4.55. The topological polar surface area (TPSA) is 67.2 Å². The molecule has 0 saturated carbocycles. The van der Waals surface area contributed by atoms with E-state index in [0.717, 1.165) is 4.57 Å². The van der Waals surface area contributed by atoms with Gasteiger partial charge in [0.05, 0.1) is 17.0 Å². The molecule has 140 valence electrons. The number of halogens is 3. The van der Waals surface area contributed by atoms with Gasteiger partial charge in [0.15, 0.2) is 0 Å². The summed E-state index contributed by atoms with van der Waals surface area (Å²) in [6.45, 7) is 4.10. The number of alkyl halides is 3. The lowest BCUT2D eigenvalue weighted by Gasteiger charge is -2.20. The van der Waals surface area contributed by atoms with Crippen LogP contribution in [0.25, 0.3) is 11.0 Å². The minimum Gasteiger partial charge on any atom is -0.339 e. The zero-order valence-corrected chi connectivity index (χ0v) is 14.6. The fourth-order valence-electron chi connectivity index (χ4n) is 3.18. The number of imidazole rings is 1. The molecule has 0 spiro atoms. The van der Waals surface area contributed by atoms with Gasteiger partial charge in [0.1, 0.15) is 0 Å². The van der Waals surface area contributed by atoms with E-state index in [-0.39, 0.29) is 29.8 Å². The summed E-state index contributed by atoms with van der Waals surface area (Å²) in [7, 11) is 1.29. The van der Waals surface area contributed by atoms with E-state index in [1.54, 1.807) is 4.90 Å². The summed E-state index contributed by atoms with van der Waals surface area (Å²) >= 11 is 0. The van der Waals surface area contributed by atoms with Crippen LogP contribution in [0.2, 0.25) is 0 Å². The number of anilines is 1. The lowest BCUT2D eigenvalue weighted by molar-refractivity contribution is -0.146. The Morgan fingerprint density at radius 1 is 1.35 bits per heavy atom. The second kappa shape index (κ2) is 6.30. The van der Waals surface area contributed by atoms with E-state index in [0.29, 0.717) is 17.7 Å². The molecule has 6 nitrogen and oxygen atoms in total. The molecule has 1 fully saturated rings. The van der Waals surface area contributed by atoms with Crippen LogP contribution in [-0.4, -0.2) is 38.9 Å². The normalized spacial score (nSPS) is 18.2. The quantitative estimate of drug-likeness (QED) is 0.906. The SMILES string of the molecule is CC(C)N1CC(C(=O)Nc2ccc3c(c2)nc(C(F)(F)F)n3C)CC1=O. The summed E-state index contributed by atoms with van der Waals surface area (Å²) in [6, 6.07) is 4.43. The predicted octanol–water partition coefficient (Wildman–Crippen LogP) is 2.79. The van der Waals surface area contributed by atoms with Crippen LogP contribution >= 0.6 is 0 Å². The number of nitrogens with zero attached hydrogens (tertiary/aromatic N) is 3. The van der Waals surface area contributed by atoms with Crippen molar-refractivity contribution in [3.05, 3.63) is 24.0 Å². The van der Waals surface area contributed by atoms with Gasteiger partial charge in [-0.3, -0.25) is 9.59 Å². The largest absolute Gasteiger partial charge is 0.449 e. The van der Waals surface area contributed by atoms with Crippen molar-refractivity contribution in [3.8, 4) is 0 Å². The van der Waals surface area contributed by atoms with Gasteiger partial charge >= 0.3 is 6.18 Å². The number of hydrogen-bond donors (Lipinski definition) is 1. The molecule has 26 heavy (non-hydrogen) atoms. The van der Waals surface area contributed by atoms with Crippen LogP contribution in [0.4, 0.5) is 18.9 Å². The van der Waals surface area contributed by atoms with E-state index >= 15 is 0 Å². The number of benzene rings is 1. The van der Waals surface area contributed by atoms with Crippen LogP contribution in [0.1, 0.15) is 26.1 Å². The number of hydrogen-bond acceptors (Lipinski definition) is 3. The minimum atomic E-state index is -4.55. The molecule has 1 aromatic carbocycles.